The van der Waals surface area contributed by atoms with Gasteiger partial charge in [-0.3, -0.25) is 4.98 Å². The van der Waals surface area contributed by atoms with Gasteiger partial charge in [-0.1, -0.05) is 6.07 Å². The van der Waals surface area contributed by atoms with E-state index in [4.69, 9.17) is 10.5 Å². The molecule has 0 aliphatic heterocycles. The molecule has 0 unspecified atom stereocenters. The Morgan fingerprint density at radius 2 is 1.89 bits per heavy atom. The molecule has 0 saturated carbocycles. The summed E-state index contributed by atoms with van der Waals surface area (Å²) in [6, 6.07) is 6.63. The zero-order valence-electron chi connectivity index (χ0n) is 9.57. The summed E-state index contributed by atoms with van der Waals surface area (Å²) in [5.41, 5.74) is 7.05. The number of rotatable bonds is 4. The third-order valence-corrected chi connectivity index (χ3v) is 2.42. The van der Waals surface area contributed by atoms with Crippen LogP contribution in [0.2, 0.25) is 0 Å². The Kier molecular flexibility index (Phi) is 3.84. The van der Waals surface area contributed by atoms with Gasteiger partial charge in [-0.05, 0) is 11.6 Å². The van der Waals surface area contributed by atoms with E-state index < -0.39 is 11.6 Å². The van der Waals surface area contributed by atoms with Crippen LogP contribution in [0.4, 0.5) is 8.78 Å². The van der Waals surface area contributed by atoms with Crippen LogP contribution in [0.3, 0.4) is 0 Å². The molecule has 0 atom stereocenters. The lowest BCUT2D eigenvalue weighted by molar-refractivity contribution is 0.296. The Morgan fingerprint density at radius 1 is 1.17 bits per heavy atom. The Bertz CT molecular complexity index is 526. The molecule has 1 aromatic heterocycles. The summed E-state index contributed by atoms with van der Waals surface area (Å²) < 4.78 is 31.2. The molecular formula is C13H12F2N2O. The van der Waals surface area contributed by atoms with E-state index in [-0.39, 0.29) is 12.4 Å². The zero-order valence-corrected chi connectivity index (χ0v) is 9.57. The number of hydrogen-bond donors (Lipinski definition) is 1. The van der Waals surface area contributed by atoms with Crippen LogP contribution in [-0.2, 0) is 13.2 Å². The number of nitrogens with zero attached hydrogens (tertiary/aromatic N) is 1. The molecule has 2 N–H and O–H groups in total. The van der Waals surface area contributed by atoms with E-state index in [1.54, 1.807) is 12.3 Å². The van der Waals surface area contributed by atoms with Gasteiger partial charge >= 0.3 is 0 Å². The number of ether oxygens (including phenoxy) is 1. The molecule has 2 aromatic rings. The quantitative estimate of drug-likeness (QED) is 0.906. The normalized spacial score (nSPS) is 10.4. The molecule has 1 aromatic carbocycles. The molecule has 3 nitrogen and oxygen atoms in total. The average molecular weight is 250 g/mol. The third kappa shape index (κ3) is 3.01. The number of aromatic nitrogens is 1. The lowest BCUT2D eigenvalue weighted by atomic mass is 10.2. The van der Waals surface area contributed by atoms with Crippen molar-refractivity contribution >= 4 is 0 Å². The predicted octanol–water partition coefficient (Wildman–Crippen LogP) is 2.40. The second-order valence-corrected chi connectivity index (χ2v) is 3.71. The first-order valence-corrected chi connectivity index (χ1v) is 5.41. The van der Waals surface area contributed by atoms with Crippen molar-refractivity contribution < 1.29 is 13.5 Å². The van der Waals surface area contributed by atoms with Crippen LogP contribution < -0.4 is 10.5 Å². The van der Waals surface area contributed by atoms with Gasteiger partial charge in [0.2, 0.25) is 0 Å². The minimum absolute atomic E-state index is 0.121. The number of halogens is 2. The molecule has 0 fully saturated rings. The second-order valence-electron chi connectivity index (χ2n) is 3.71. The lowest BCUT2D eigenvalue weighted by Gasteiger charge is -2.09. The van der Waals surface area contributed by atoms with Gasteiger partial charge < -0.3 is 10.5 Å². The van der Waals surface area contributed by atoms with Crippen LogP contribution in [0.25, 0.3) is 0 Å². The van der Waals surface area contributed by atoms with Crippen LogP contribution in [0, 0.1) is 11.6 Å². The Labute approximate surface area is 103 Å². The van der Waals surface area contributed by atoms with E-state index in [1.165, 1.54) is 0 Å². The first kappa shape index (κ1) is 12.4. The van der Waals surface area contributed by atoms with Gasteiger partial charge in [0, 0.05) is 30.9 Å². The van der Waals surface area contributed by atoms with E-state index in [1.807, 2.05) is 6.07 Å². The summed E-state index contributed by atoms with van der Waals surface area (Å²) in [6.07, 6.45) is 1.62. The molecule has 2 rings (SSSR count). The Balaban J connectivity index is 2.11. The van der Waals surface area contributed by atoms with Crippen molar-refractivity contribution in [2.75, 3.05) is 0 Å². The number of benzene rings is 1. The smallest absolute Gasteiger partial charge is 0.131 e. The van der Waals surface area contributed by atoms with Crippen LogP contribution in [0.5, 0.6) is 5.75 Å². The maximum Gasteiger partial charge on any atom is 0.131 e. The molecule has 94 valence electrons. The standard InChI is InChI=1S/C13H12F2N2O/c14-10-4-11(15)6-12(5-10)18-8-13-9(7-16)2-1-3-17-13/h1-6H,7-8,16H2. The van der Waals surface area contributed by atoms with Gasteiger partial charge in [-0.15, -0.1) is 0 Å². The second kappa shape index (κ2) is 5.55. The summed E-state index contributed by atoms with van der Waals surface area (Å²) in [5, 5.41) is 0. The molecule has 0 saturated heterocycles. The van der Waals surface area contributed by atoms with Crippen molar-refractivity contribution in [1.29, 1.82) is 0 Å². The molecule has 0 bridgehead atoms. The van der Waals surface area contributed by atoms with Crippen molar-refractivity contribution in [3.63, 3.8) is 0 Å². The van der Waals surface area contributed by atoms with Gasteiger partial charge in [-0.2, -0.15) is 0 Å². The zero-order chi connectivity index (χ0) is 13.0. The van der Waals surface area contributed by atoms with E-state index >= 15 is 0 Å². The summed E-state index contributed by atoms with van der Waals surface area (Å²) >= 11 is 0. The molecular weight excluding hydrogens is 238 g/mol. The van der Waals surface area contributed by atoms with E-state index in [9.17, 15) is 8.78 Å². The van der Waals surface area contributed by atoms with Crippen molar-refractivity contribution in [1.82, 2.24) is 4.98 Å². The Morgan fingerprint density at radius 3 is 2.56 bits per heavy atom. The molecule has 5 heteroatoms. The van der Waals surface area contributed by atoms with Crippen LogP contribution in [0.15, 0.2) is 36.5 Å². The molecule has 18 heavy (non-hydrogen) atoms. The average Bonchev–Trinajstić information content (AvgIpc) is 2.35. The fourth-order valence-electron chi connectivity index (χ4n) is 1.55. The Hall–Kier alpha value is -2.01. The van der Waals surface area contributed by atoms with E-state index in [2.05, 4.69) is 4.98 Å². The van der Waals surface area contributed by atoms with Gasteiger partial charge in [-0.25, -0.2) is 8.78 Å². The summed E-state index contributed by atoms with van der Waals surface area (Å²) in [4.78, 5) is 4.12. The molecule has 0 radical (unpaired) electrons. The highest BCUT2D eigenvalue weighted by Crippen LogP contribution is 2.17. The van der Waals surface area contributed by atoms with Crippen molar-refractivity contribution in [2.45, 2.75) is 13.2 Å². The van der Waals surface area contributed by atoms with Gasteiger partial charge in [0.15, 0.2) is 0 Å². The first-order valence-electron chi connectivity index (χ1n) is 5.41. The predicted molar refractivity (Wildman–Crippen MR) is 62.8 cm³/mol. The summed E-state index contributed by atoms with van der Waals surface area (Å²) in [6.45, 7) is 0.459. The molecule has 0 spiro atoms. The van der Waals surface area contributed by atoms with Crippen molar-refractivity contribution in [3.8, 4) is 5.75 Å². The molecule has 0 aliphatic rings. The van der Waals surface area contributed by atoms with Gasteiger partial charge in [0.1, 0.15) is 24.0 Å². The SMILES string of the molecule is NCc1cccnc1COc1cc(F)cc(F)c1. The highest BCUT2D eigenvalue weighted by molar-refractivity contribution is 5.25. The van der Waals surface area contributed by atoms with Gasteiger partial charge in [0.05, 0.1) is 5.69 Å². The number of nitrogens with two attached hydrogens (primary N) is 1. The van der Waals surface area contributed by atoms with Crippen LogP contribution >= 0.6 is 0 Å². The van der Waals surface area contributed by atoms with Gasteiger partial charge in [0.25, 0.3) is 0 Å². The van der Waals surface area contributed by atoms with E-state index in [0.717, 1.165) is 23.8 Å². The van der Waals surface area contributed by atoms with E-state index in [0.29, 0.717) is 12.2 Å². The largest absolute Gasteiger partial charge is 0.487 e. The molecule has 0 aliphatic carbocycles. The highest BCUT2D eigenvalue weighted by Gasteiger charge is 2.05. The number of hydrogen-bond acceptors (Lipinski definition) is 3. The van der Waals surface area contributed by atoms with Crippen LogP contribution in [-0.4, -0.2) is 4.98 Å². The monoisotopic (exact) mass is 250 g/mol. The van der Waals surface area contributed by atoms with Crippen molar-refractivity contribution in [2.24, 2.45) is 5.73 Å². The van der Waals surface area contributed by atoms with Crippen molar-refractivity contribution in [3.05, 3.63) is 59.4 Å². The first-order chi connectivity index (χ1) is 8.69. The minimum Gasteiger partial charge on any atom is -0.487 e. The fraction of sp³-hybridized carbons (Fsp3) is 0.154. The van der Waals surface area contributed by atoms with Crippen LogP contribution in [0.1, 0.15) is 11.3 Å². The maximum atomic E-state index is 12.9. The highest BCUT2D eigenvalue weighted by atomic mass is 19.1. The molecule has 0 amide bonds. The maximum absolute atomic E-state index is 12.9. The minimum atomic E-state index is -0.676. The topological polar surface area (TPSA) is 48.1 Å². The lowest BCUT2D eigenvalue weighted by Crippen LogP contribution is -2.06. The number of pyridine rings is 1. The third-order valence-electron chi connectivity index (χ3n) is 2.42. The fourth-order valence-corrected chi connectivity index (χ4v) is 1.55. The summed E-state index contributed by atoms with van der Waals surface area (Å²) in [5.74, 6) is -1.23. The molecule has 1 heterocycles. The summed E-state index contributed by atoms with van der Waals surface area (Å²) in [7, 11) is 0.